The van der Waals surface area contributed by atoms with Crippen LogP contribution in [-0.2, 0) is 27.3 Å². The van der Waals surface area contributed by atoms with Crippen LogP contribution in [0.4, 0.5) is 5.69 Å². The lowest BCUT2D eigenvalue weighted by Crippen LogP contribution is -2.38. The molecule has 2 rings (SSSR count). The summed E-state index contributed by atoms with van der Waals surface area (Å²) in [7, 11) is 0. The first-order valence-electron chi connectivity index (χ1n) is 10.2. The number of nitrogens with two attached hydrogens (primary N) is 2. The van der Waals surface area contributed by atoms with Gasteiger partial charge in [-0.25, -0.2) is 9.79 Å². The Balaban J connectivity index is 1.79. The molecule has 0 aromatic heterocycles. The van der Waals surface area contributed by atoms with Gasteiger partial charge in [-0.15, -0.1) is 0 Å². The summed E-state index contributed by atoms with van der Waals surface area (Å²) in [5.74, 6) is -1.85. The highest BCUT2D eigenvalue weighted by molar-refractivity contribution is 5.97. The molecule has 0 unspecified atom stereocenters. The average molecular weight is 440 g/mol. The maximum Gasteiger partial charge on any atom is 0.332 e. The fourth-order valence-electron chi connectivity index (χ4n) is 3.38. The van der Waals surface area contributed by atoms with Crippen molar-refractivity contribution < 1.29 is 19.2 Å². The van der Waals surface area contributed by atoms with E-state index in [2.05, 4.69) is 41.8 Å². The number of amides is 2. The van der Waals surface area contributed by atoms with Crippen molar-refractivity contribution in [2.75, 3.05) is 6.54 Å². The van der Waals surface area contributed by atoms with E-state index >= 15 is 0 Å². The highest BCUT2D eigenvalue weighted by Crippen LogP contribution is 2.19. The molecule has 0 heterocycles. The number of hydrogen-bond acceptors (Lipinski definition) is 5. The second kappa shape index (κ2) is 11.5. The smallest absolute Gasteiger partial charge is 0.332 e. The molecule has 0 spiro atoms. The zero-order valence-corrected chi connectivity index (χ0v) is 18.5. The Hall–Kier alpha value is -3.88. The summed E-state index contributed by atoms with van der Waals surface area (Å²) in [6, 6.07) is 10.4. The standard InChI is InChI=1S/C23H29N5O4/c1-4-19-15(3)10-14(2)11-16(19)8-9-21(30)32-28-20(29)13-26-22(31)17-6-5-7-18(12-17)27-23(24)25/h5-7,10-12H,4,8-9,13H2,1-3H3,(H,26,31)(H,28,29)(H4,24,25,27). The number of hydrogen-bond donors (Lipinski definition) is 4. The second-order valence-electron chi connectivity index (χ2n) is 7.34. The monoisotopic (exact) mass is 439 g/mol. The third-order valence-corrected chi connectivity index (χ3v) is 4.72. The summed E-state index contributed by atoms with van der Waals surface area (Å²) >= 11 is 0. The largest absolute Gasteiger partial charge is 0.370 e. The Morgan fingerprint density at radius 2 is 1.84 bits per heavy atom. The van der Waals surface area contributed by atoms with E-state index in [1.807, 2.05) is 6.92 Å². The number of nitrogens with zero attached hydrogens (tertiary/aromatic N) is 1. The van der Waals surface area contributed by atoms with Gasteiger partial charge < -0.3 is 21.6 Å². The molecule has 0 bridgehead atoms. The molecule has 0 radical (unpaired) electrons. The lowest BCUT2D eigenvalue weighted by molar-refractivity contribution is -0.157. The van der Waals surface area contributed by atoms with Gasteiger partial charge in [0, 0.05) is 5.56 Å². The molecule has 170 valence electrons. The summed E-state index contributed by atoms with van der Waals surface area (Å²) in [4.78, 5) is 44.8. The zero-order chi connectivity index (χ0) is 23.7. The van der Waals surface area contributed by atoms with Gasteiger partial charge in [0.1, 0.15) is 0 Å². The van der Waals surface area contributed by atoms with Crippen LogP contribution in [0.25, 0.3) is 0 Å². The van der Waals surface area contributed by atoms with Crippen molar-refractivity contribution >= 4 is 29.4 Å². The van der Waals surface area contributed by atoms with Crippen LogP contribution in [0.1, 0.15) is 46.0 Å². The van der Waals surface area contributed by atoms with Crippen molar-refractivity contribution in [1.29, 1.82) is 0 Å². The van der Waals surface area contributed by atoms with Crippen LogP contribution in [-0.4, -0.2) is 30.3 Å². The number of aliphatic imine (C=N–C) groups is 1. The number of nitrogens with one attached hydrogen (secondary N) is 2. The van der Waals surface area contributed by atoms with E-state index < -0.39 is 17.8 Å². The number of aryl methyl sites for hydroxylation is 3. The lowest BCUT2D eigenvalue weighted by Gasteiger charge is -2.12. The number of hydroxylamine groups is 1. The average Bonchev–Trinajstić information content (AvgIpc) is 2.74. The topological polar surface area (TPSA) is 149 Å². The molecule has 32 heavy (non-hydrogen) atoms. The van der Waals surface area contributed by atoms with Crippen LogP contribution in [0.15, 0.2) is 41.4 Å². The molecular formula is C23H29N5O4. The van der Waals surface area contributed by atoms with Crippen LogP contribution >= 0.6 is 0 Å². The van der Waals surface area contributed by atoms with Crippen molar-refractivity contribution in [2.24, 2.45) is 16.5 Å². The molecule has 6 N–H and O–H groups in total. The molecular weight excluding hydrogens is 410 g/mol. The molecule has 9 nitrogen and oxygen atoms in total. The normalized spacial score (nSPS) is 10.2. The fourth-order valence-corrected chi connectivity index (χ4v) is 3.38. The van der Waals surface area contributed by atoms with E-state index in [1.165, 1.54) is 17.2 Å². The van der Waals surface area contributed by atoms with Gasteiger partial charge in [0.15, 0.2) is 5.96 Å². The quantitative estimate of drug-likeness (QED) is 0.279. The molecule has 0 fully saturated rings. The number of guanidine groups is 1. The lowest BCUT2D eigenvalue weighted by atomic mass is 9.94. The molecule has 9 heteroatoms. The summed E-state index contributed by atoms with van der Waals surface area (Å²) in [6.07, 6.45) is 1.52. The highest BCUT2D eigenvalue weighted by Gasteiger charge is 2.12. The second-order valence-corrected chi connectivity index (χ2v) is 7.34. The van der Waals surface area contributed by atoms with Crippen LogP contribution < -0.4 is 22.3 Å². The summed E-state index contributed by atoms with van der Waals surface area (Å²) in [5, 5.41) is 2.44. The minimum absolute atomic E-state index is 0.125. The van der Waals surface area contributed by atoms with Crippen LogP contribution in [0.2, 0.25) is 0 Å². The van der Waals surface area contributed by atoms with Crippen molar-refractivity contribution in [3.8, 4) is 0 Å². The molecule has 2 aromatic rings. The van der Waals surface area contributed by atoms with Crippen LogP contribution in [0.3, 0.4) is 0 Å². The van der Waals surface area contributed by atoms with E-state index in [9.17, 15) is 14.4 Å². The van der Waals surface area contributed by atoms with E-state index in [0.29, 0.717) is 12.1 Å². The van der Waals surface area contributed by atoms with E-state index in [0.717, 1.165) is 17.5 Å². The molecule has 0 atom stereocenters. The van der Waals surface area contributed by atoms with Gasteiger partial charge in [-0.3, -0.25) is 9.59 Å². The summed E-state index contributed by atoms with van der Waals surface area (Å²) in [6.45, 7) is 5.78. The fraction of sp³-hybridized carbons (Fsp3) is 0.304. The summed E-state index contributed by atoms with van der Waals surface area (Å²) < 4.78 is 0. The molecule has 0 aliphatic carbocycles. The Bertz CT molecular complexity index is 1030. The minimum Gasteiger partial charge on any atom is -0.370 e. The first-order chi connectivity index (χ1) is 15.2. The Morgan fingerprint density at radius 1 is 1.09 bits per heavy atom. The van der Waals surface area contributed by atoms with Gasteiger partial charge in [0.25, 0.3) is 11.8 Å². The van der Waals surface area contributed by atoms with Crippen molar-refractivity contribution in [1.82, 2.24) is 10.8 Å². The number of carbonyl (C=O) groups is 3. The SMILES string of the molecule is CCc1c(C)cc(C)cc1CCC(=O)ONC(=O)CNC(=O)c1cccc(N=C(N)N)c1. The van der Waals surface area contributed by atoms with Gasteiger partial charge in [-0.05, 0) is 61.6 Å². The summed E-state index contributed by atoms with van der Waals surface area (Å²) in [5.41, 5.74) is 18.0. The third kappa shape index (κ3) is 7.42. The van der Waals surface area contributed by atoms with Crippen molar-refractivity contribution in [2.45, 2.75) is 40.0 Å². The van der Waals surface area contributed by atoms with Gasteiger partial charge in [-0.1, -0.05) is 30.7 Å². The third-order valence-electron chi connectivity index (χ3n) is 4.72. The molecule has 0 aliphatic heterocycles. The predicted octanol–water partition coefficient (Wildman–Crippen LogP) is 1.71. The molecule has 2 aromatic carbocycles. The highest BCUT2D eigenvalue weighted by atomic mass is 16.7. The van der Waals surface area contributed by atoms with Gasteiger partial charge in [0.2, 0.25) is 0 Å². The van der Waals surface area contributed by atoms with Gasteiger partial charge in [0.05, 0.1) is 18.7 Å². The minimum atomic E-state index is -0.660. The Morgan fingerprint density at radius 3 is 2.53 bits per heavy atom. The van der Waals surface area contributed by atoms with E-state index in [-0.39, 0.29) is 24.5 Å². The maximum absolute atomic E-state index is 12.2. The van der Waals surface area contributed by atoms with Crippen molar-refractivity contribution in [3.63, 3.8) is 0 Å². The first kappa shape index (κ1) is 24.4. The van der Waals surface area contributed by atoms with Crippen LogP contribution in [0, 0.1) is 13.8 Å². The Kier molecular flexibility index (Phi) is 8.76. The maximum atomic E-state index is 12.2. The first-order valence-corrected chi connectivity index (χ1v) is 10.2. The van der Waals surface area contributed by atoms with Crippen molar-refractivity contribution in [3.05, 3.63) is 64.2 Å². The van der Waals surface area contributed by atoms with Gasteiger partial charge in [-0.2, -0.15) is 5.48 Å². The van der Waals surface area contributed by atoms with E-state index in [4.69, 9.17) is 16.3 Å². The van der Waals surface area contributed by atoms with Gasteiger partial charge >= 0.3 is 5.97 Å². The Labute approximate surface area is 187 Å². The number of benzene rings is 2. The number of carbonyl (C=O) groups excluding carboxylic acids is 3. The zero-order valence-electron chi connectivity index (χ0n) is 18.5. The molecule has 0 saturated heterocycles. The number of rotatable bonds is 8. The molecule has 2 amide bonds. The molecule has 0 aliphatic rings. The van der Waals surface area contributed by atoms with E-state index in [1.54, 1.807) is 18.2 Å². The predicted molar refractivity (Wildman–Crippen MR) is 122 cm³/mol. The van der Waals surface area contributed by atoms with Crippen LogP contribution in [0.5, 0.6) is 0 Å². The molecule has 0 saturated carbocycles.